The van der Waals surface area contributed by atoms with Crippen LogP contribution < -0.4 is 49.9 Å². The normalized spacial score (nSPS) is 14.6. The van der Waals surface area contributed by atoms with Gasteiger partial charge in [-0.1, -0.05) is 0 Å². The highest BCUT2D eigenvalue weighted by molar-refractivity contribution is 5.95. The third-order valence-electron chi connectivity index (χ3n) is 6.83. The smallest absolute Gasteiger partial charge is 0.326 e. The summed E-state index contributed by atoms with van der Waals surface area (Å²) < 4.78 is 0. The first-order chi connectivity index (χ1) is 20.6. The van der Waals surface area contributed by atoms with E-state index >= 15 is 0 Å². The molecule has 0 radical (unpaired) electrons. The number of hydrogen-bond acceptors (Lipinski definition) is 11. The molecule has 0 saturated carbocycles. The molecule has 0 unspecified atom stereocenters. The largest absolute Gasteiger partial charge is 0.480 e. The Morgan fingerprint density at radius 3 is 1.05 bits per heavy atom. The number of unbranched alkanes of at least 4 members (excludes halogenated alkanes) is 4. The fraction of sp³-hybridized carbons (Fsp3) is 0.815. The summed E-state index contributed by atoms with van der Waals surface area (Å²) in [5.74, 6) is -3.88. The van der Waals surface area contributed by atoms with E-state index < -0.39 is 66.4 Å². The van der Waals surface area contributed by atoms with Gasteiger partial charge in [-0.3, -0.25) is 19.2 Å². The van der Waals surface area contributed by atoms with Crippen LogP contribution in [-0.2, 0) is 24.0 Å². The maximum absolute atomic E-state index is 13.5. The molecular formula is C27H55N9O7. The lowest BCUT2D eigenvalue weighted by Crippen LogP contribution is -2.58. The Morgan fingerprint density at radius 1 is 0.488 bits per heavy atom. The van der Waals surface area contributed by atoms with Crippen molar-refractivity contribution in [1.29, 1.82) is 0 Å². The Kier molecular flexibility index (Phi) is 22.9. The number of amides is 4. The number of aliphatic carboxylic acids is 1. The van der Waals surface area contributed by atoms with Gasteiger partial charge < -0.3 is 60.1 Å². The molecule has 0 aliphatic heterocycles. The number of carboxylic acids is 1. The van der Waals surface area contributed by atoms with Gasteiger partial charge in [0.2, 0.25) is 23.6 Å². The van der Waals surface area contributed by atoms with Gasteiger partial charge in [-0.25, -0.2) is 4.79 Å². The quantitative estimate of drug-likeness (QED) is 0.0429. The number of nitrogens with two attached hydrogens (primary N) is 5. The monoisotopic (exact) mass is 617 g/mol. The predicted molar refractivity (Wildman–Crippen MR) is 162 cm³/mol. The van der Waals surface area contributed by atoms with Crippen LogP contribution in [0.5, 0.6) is 0 Å². The van der Waals surface area contributed by atoms with Gasteiger partial charge in [0.15, 0.2) is 0 Å². The predicted octanol–water partition coefficient (Wildman–Crippen LogP) is -3.15. The second kappa shape index (κ2) is 24.5. The topological polar surface area (TPSA) is 304 Å². The minimum absolute atomic E-state index is 0.177. The van der Waals surface area contributed by atoms with Gasteiger partial charge in [-0.05, 0) is 103 Å². The molecule has 16 N–H and O–H groups in total. The van der Waals surface area contributed by atoms with Gasteiger partial charge in [0.25, 0.3) is 0 Å². The van der Waals surface area contributed by atoms with E-state index in [1.165, 1.54) is 0 Å². The zero-order valence-corrected chi connectivity index (χ0v) is 25.2. The number of aliphatic hydroxyl groups is 1. The lowest BCUT2D eigenvalue weighted by Gasteiger charge is -2.26. The highest BCUT2D eigenvalue weighted by Gasteiger charge is 2.31. The molecule has 0 aromatic carbocycles. The zero-order valence-electron chi connectivity index (χ0n) is 25.2. The minimum atomic E-state index is -1.23. The number of aliphatic hydroxyl groups excluding tert-OH is 1. The summed E-state index contributed by atoms with van der Waals surface area (Å²) in [6.45, 7) is 0.890. The van der Waals surface area contributed by atoms with Crippen molar-refractivity contribution in [2.24, 2.45) is 28.7 Å². The van der Waals surface area contributed by atoms with Crippen LogP contribution in [0, 0.1) is 0 Å². The van der Waals surface area contributed by atoms with E-state index in [9.17, 15) is 34.2 Å². The summed E-state index contributed by atoms with van der Waals surface area (Å²) in [6, 6.07) is -5.59. The summed E-state index contributed by atoms with van der Waals surface area (Å²) in [7, 11) is 0. The van der Waals surface area contributed by atoms with Crippen LogP contribution >= 0.6 is 0 Å². The van der Waals surface area contributed by atoms with Crippen molar-refractivity contribution in [1.82, 2.24) is 21.3 Å². The van der Waals surface area contributed by atoms with Crippen LogP contribution in [0.4, 0.5) is 0 Å². The highest BCUT2D eigenvalue weighted by atomic mass is 16.4. The molecule has 16 heteroatoms. The maximum Gasteiger partial charge on any atom is 0.326 e. The number of hydrogen-bond donors (Lipinski definition) is 11. The van der Waals surface area contributed by atoms with Crippen molar-refractivity contribution >= 4 is 29.6 Å². The average molecular weight is 618 g/mol. The molecule has 43 heavy (non-hydrogen) atoms. The molecular weight excluding hydrogens is 562 g/mol. The second-order valence-corrected chi connectivity index (χ2v) is 10.5. The molecule has 0 aromatic rings. The lowest BCUT2D eigenvalue weighted by atomic mass is 10.0. The van der Waals surface area contributed by atoms with E-state index in [0.717, 1.165) is 0 Å². The van der Waals surface area contributed by atoms with Crippen molar-refractivity contribution in [3.63, 3.8) is 0 Å². The lowest BCUT2D eigenvalue weighted by molar-refractivity contribution is -0.142. The summed E-state index contributed by atoms with van der Waals surface area (Å²) in [5.41, 5.74) is 27.8. The molecule has 0 fully saturated rings. The molecule has 0 aromatic heterocycles. The molecule has 250 valence electrons. The SMILES string of the molecule is NCCCC[C@H](NC(=O)[C@H](CCCCN)NC(=O)[C@H](CCCCN)NC(=O)[C@H](CCCCN)NC(=O)[C@@H](N)CO)C(=O)O. The van der Waals surface area contributed by atoms with Gasteiger partial charge in [0, 0.05) is 0 Å². The molecule has 0 spiro atoms. The van der Waals surface area contributed by atoms with Crippen LogP contribution in [0.25, 0.3) is 0 Å². The van der Waals surface area contributed by atoms with Gasteiger partial charge in [0.1, 0.15) is 30.2 Å². The second-order valence-electron chi connectivity index (χ2n) is 10.5. The van der Waals surface area contributed by atoms with Crippen molar-refractivity contribution in [3.05, 3.63) is 0 Å². The molecule has 5 atom stereocenters. The van der Waals surface area contributed by atoms with Crippen LogP contribution in [0.15, 0.2) is 0 Å². The third kappa shape index (κ3) is 17.7. The van der Waals surface area contributed by atoms with Gasteiger partial charge in [-0.2, -0.15) is 0 Å². The number of nitrogens with one attached hydrogen (secondary N) is 4. The van der Waals surface area contributed by atoms with Crippen molar-refractivity contribution in [2.45, 2.75) is 107 Å². The number of carbonyl (C=O) groups excluding carboxylic acids is 4. The van der Waals surface area contributed by atoms with Crippen molar-refractivity contribution in [2.75, 3.05) is 32.8 Å². The van der Waals surface area contributed by atoms with Crippen molar-refractivity contribution < 1.29 is 34.2 Å². The molecule has 0 saturated heterocycles. The van der Waals surface area contributed by atoms with Crippen molar-refractivity contribution in [3.8, 4) is 0 Å². The van der Waals surface area contributed by atoms with E-state index in [-0.39, 0.29) is 25.7 Å². The fourth-order valence-corrected chi connectivity index (χ4v) is 4.21. The summed E-state index contributed by atoms with van der Waals surface area (Å²) >= 11 is 0. The molecule has 0 heterocycles. The molecule has 0 bridgehead atoms. The first-order valence-electron chi connectivity index (χ1n) is 15.2. The molecule has 4 amide bonds. The summed E-state index contributed by atoms with van der Waals surface area (Å²) in [6.07, 6.45) is 5.12. The van der Waals surface area contributed by atoms with Crippen LogP contribution in [-0.4, -0.2) is 103 Å². The molecule has 16 nitrogen and oxygen atoms in total. The van der Waals surface area contributed by atoms with E-state index in [0.29, 0.717) is 77.5 Å². The van der Waals surface area contributed by atoms with Crippen LogP contribution in [0.1, 0.15) is 77.0 Å². The molecule has 0 aliphatic rings. The number of rotatable bonds is 26. The van der Waals surface area contributed by atoms with Crippen LogP contribution in [0.2, 0.25) is 0 Å². The maximum atomic E-state index is 13.5. The Balaban J connectivity index is 5.85. The first-order valence-corrected chi connectivity index (χ1v) is 15.2. The average Bonchev–Trinajstić information content (AvgIpc) is 2.98. The zero-order chi connectivity index (χ0) is 32.6. The summed E-state index contributed by atoms with van der Waals surface area (Å²) in [5, 5.41) is 29.2. The van der Waals surface area contributed by atoms with E-state index in [1.807, 2.05) is 0 Å². The highest BCUT2D eigenvalue weighted by Crippen LogP contribution is 2.09. The summed E-state index contributed by atoms with van der Waals surface area (Å²) in [4.78, 5) is 64.0. The van der Waals surface area contributed by atoms with E-state index in [4.69, 9.17) is 28.7 Å². The third-order valence-corrected chi connectivity index (χ3v) is 6.83. The number of carbonyl (C=O) groups is 5. The molecule has 0 aliphatic carbocycles. The van der Waals surface area contributed by atoms with Gasteiger partial charge in [0.05, 0.1) is 6.61 Å². The van der Waals surface area contributed by atoms with E-state index in [2.05, 4.69) is 21.3 Å². The van der Waals surface area contributed by atoms with E-state index in [1.54, 1.807) is 0 Å². The fourth-order valence-electron chi connectivity index (χ4n) is 4.21. The van der Waals surface area contributed by atoms with Gasteiger partial charge in [-0.15, -0.1) is 0 Å². The molecule has 0 rings (SSSR count). The first kappa shape index (κ1) is 40.1. The van der Waals surface area contributed by atoms with Gasteiger partial charge >= 0.3 is 5.97 Å². The Labute approximate surface area is 254 Å². The van der Waals surface area contributed by atoms with Crippen LogP contribution in [0.3, 0.4) is 0 Å². The number of carboxylic acid groups (broad SMARTS) is 1. The Morgan fingerprint density at radius 2 is 0.767 bits per heavy atom. The Bertz CT molecular complexity index is 835. The minimum Gasteiger partial charge on any atom is -0.480 e. The Hall–Kier alpha value is -2.89. The standard InChI is InChI=1S/C27H55N9O7/c28-13-5-1-9-19(33-23(38)18(32)17-37)24(39)34-20(10-2-6-14-29)25(40)35-21(11-3-7-15-30)26(41)36-22(27(42)43)12-4-8-16-31/h18-22,37H,1-17,28-32H2,(H,33,38)(H,34,39)(H,35,40)(H,36,41)(H,42,43)/t18-,19-,20-,21-,22-/m0/s1.